The summed E-state index contributed by atoms with van der Waals surface area (Å²) in [6, 6.07) is 17.7. The largest absolute Gasteiger partial charge is 0.497 e. The molecule has 0 aliphatic heterocycles. The minimum Gasteiger partial charge on any atom is -0.497 e. The number of nitrogens with zero attached hydrogens (tertiary/aromatic N) is 2. The van der Waals surface area contributed by atoms with Crippen LogP contribution in [-0.2, 0) is 0 Å². The number of rotatable bonds is 5. The van der Waals surface area contributed by atoms with Crippen LogP contribution in [0.1, 0.15) is 10.4 Å². The third kappa shape index (κ3) is 3.49. The molecule has 0 saturated carbocycles. The molecule has 0 fully saturated rings. The van der Waals surface area contributed by atoms with Crippen LogP contribution >= 0.6 is 0 Å². The number of carbonyl (C=O) groups is 1. The van der Waals surface area contributed by atoms with E-state index >= 15 is 0 Å². The Kier molecular flexibility index (Phi) is 4.38. The van der Waals surface area contributed by atoms with E-state index in [0.717, 1.165) is 17.0 Å². The molecule has 0 aliphatic rings. The number of methoxy groups -OCH3 is 1. The maximum atomic E-state index is 11.0. The number of carboxylic acid groups (broad SMARTS) is 1. The summed E-state index contributed by atoms with van der Waals surface area (Å²) in [6.45, 7) is 0. The molecule has 2 aromatic carbocycles. The highest BCUT2D eigenvalue weighted by atomic mass is 16.5. The van der Waals surface area contributed by atoms with Gasteiger partial charge in [0.05, 0.1) is 18.4 Å². The van der Waals surface area contributed by atoms with Gasteiger partial charge in [0.25, 0.3) is 0 Å². The van der Waals surface area contributed by atoms with Gasteiger partial charge in [0, 0.05) is 11.3 Å². The number of nitrogens with one attached hydrogen (secondary N) is 1. The summed E-state index contributed by atoms with van der Waals surface area (Å²) in [5.74, 6) is 0.310. The molecule has 2 N–H and O–H groups in total. The molecule has 3 rings (SSSR count). The first-order valence-electron chi connectivity index (χ1n) is 7.24. The number of aromatic nitrogens is 2. The van der Waals surface area contributed by atoms with Crippen molar-refractivity contribution < 1.29 is 14.6 Å². The van der Waals surface area contributed by atoms with E-state index in [2.05, 4.69) is 15.5 Å². The van der Waals surface area contributed by atoms with Crippen molar-refractivity contribution in [2.45, 2.75) is 0 Å². The molecule has 0 aliphatic carbocycles. The Hall–Kier alpha value is -3.41. The number of hydrogen-bond acceptors (Lipinski definition) is 5. The summed E-state index contributed by atoms with van der Waals surface area (Å²) in [5.41, 5.74) is 2.47. The Bertz CT molecular complexity index is 863. The van der Waals surface area contributed by atoms with Crippen LogP contribution < -0.4 is 10.1 Å². The van der Waals surface area contributed by atoms with Gasteiger partial charge in [0.15, 0.2) is 5.82 Å². The Morgan fingerprint density at radius 2 is 1.88 bits per heavy atom. The predicted octanol–water partition coefficient (Wildman–Crippen LogP) is 3.59. The molecule has 0 unspecified atom stereocenters. The molecule has 24 heavy (non-hydrogen) atoms. The Balaban J connectivity index is 1.79. The monoisotopic (exact) mass is 321 g/mol. The zero-order valence-electron chi connectivity index (χ0n) is 12.9. The highest BCUT2D eigenvalue weighted by molar-refractivity contribution is 5.89. The summed E-state index contributed by atoms with van der Waals surface area (Å²) < 4.78 is 5.20. The van der Waals surface area contributed by atoms with Crippen molar-refractivity contribution in [3.63, 3.8) is 0 Å². The second-order valence-electron chi connectivity index (χ2n) is 5.05. The third-order valence-corrected chi connectivity index (χ3v) is 3.41. The van der Waals surface area contributed by atoms with E-state index < -0.39 is 5.97 Å². The van der Waals surface area contributed by atoms with Gasteiger partial charge in [-0.3, -0.25) is 0 Å². The molecule has 0 bridgehead atoms. The van der Waals surface area contributed by atoms with Gasteiger partial charge in [-0.05, 0) is 42.5 Å². The number of carboxylic acids is 1. The number of aromatic carboxylic acids is 1. The molecular weight excluding hydrogens is 306 g/mol. The van der Waals surface area contributed by atoms with Crippen LogP contribution in [0.15, 0.2) is 60.7 Å². The minimum atomic E-state index is -0.974. The van der Waals surface area contributed by atoms with Crippen LogP contribution in [0.25, 0.3) is 11.3 Å². The number of ether oxygens (including phenoxy) is 1. The lowest BCUT2D eigenvalue weighted by Crippen LogP contribution is -1.99. The van der Waals surface area contributed by atoms with E-state index in [9.17, 15) is 4.79 Å². The van der Waals surface area contributed by atoms with Crippen LogP contribution in [0.2, 0.25) is 0 Å². The van der Waals surface area contributed by atoms with Crippen LogP contribution in [-0.4, -0.2) is 28.4 Å². The van der Waals surface area contributed by atoms with Gasteiger partial charge in [-0.1, -0.05) is 18.2 Å². The Morgan fingerprint density at radius 3 is 2.58 bits per heavy atom. The second kappa shape index (κ2) is 6.78. The van der Waals surface area contributed by atoms with E-state index in [1.165, 1.54) is 6.07 Å². The quantitative estimate of drug-likeness (QED) is 0.747. The zero-order valence-corrected chi connectivity index (χ0v) is 12.9. The molecule has 120 valence electrons. The lowest BCUT2D eigenvalue weighted by molar-refractivity contribution is 0.0697. The molecule has 6 nitrogen and oxygen atoms in total. The predicted molar refractivity (Wildman–Crippen MR) is 90.7 cm³/mol. The summed E-state index contributed by atoms with van der Waals surface area (Å²) in [4.78, 5) is 11.0. The van der Waals surface area contributed by atoms with Crippen LogP contribution in [0.4, 0.5) is 11.5 Å². The van der Waals surface area contributed by atoms with Gasteiger partial charge in [0.2, 0.25) is 0 Å². The summed E-state index contributed by atoms with van der Waals surface area (Å²) in [7, 11) is 1.61. The Morgan fingerprint density at radius 1 is 1.04 bits per heavy atom. The first-order chi connectivity index (χ1) is 11.7. The van der Waals surface area contributed by atoms with Gasteiger partial charge in [-0.25, -0.2) is 4.79 Å². The number of benzene rings is 2. The molecule has 1 aromatic heterocycles. The van der Waals surface area contributed by atoms with Crippen LogP contribution in [0.3, 0.4) is 0 Å². The third-order valence-electron chi connectivity index (χ3n) is 3.41. The fraction of sp³-hybridized carbons (Fsp3) is 0.0556. The van der Waals surface area contributed by atoms with Gasteiger partial charge >= 0.3 is 5.97 Å². The lowest BCUT2D eigenvalue weighted by atomic mass is 10.1. The van der Waals surface area contributed by atoms with Crippen molar-refractivity contribution >= 4 is 17.5 Å². The second-order valence-corrected chi connectivity index (χ2v) is 5.05. The maximum absolute atomic E-state index is 11.0. The van der Waals surface area contributed by atoms with E-state index in [0.29, 0.717) is 11.5 Å². The average Bonchev–Trinajstić information content (AvgIpc) is 2.62. The summed E-state index contributed by atoms with van der Waals surface area (Å²) in [6.07, 6.45) is 0. The van der Waals surface area contributed by atoms with Gasteiger partial charge in [0.1, 0.15) is 5.75 Å². The number of hydrogen-bond donors (Lipinski definition) is 2. The summed E-state index contributed by atoms with van der Waals surface area (Å²) in [5, 5.41) is 20.4. The molecule has 0 atom stereocenters. The van der Waals surface area contributed by atoms with Crippen molar-refractivity contribution in [2.75, 3.05) is 12.4 Å². The molecule has 6 heteroatoms. The zero-order chi connectivity index (χ0) is 16.9. The fourth-order valence-corrected chi connectivity index (χ4v) is 2.21. The molecule has 0 saturated heterocycles. The Labute approximate surface area is 138 Å². The minimum absolute atomic E-state index is 0.209. The van der Waals surface area contributed by atoms with E-state index in [-0.39, 0.29) is 5.56 Å². The van der Waals surface area contributed by atoms with Gasteiger partial charge in [-0.2, -0.15) is 0 Å². The molecule has 0 radical (unpaired) electrons. The van der Waals surface area contributed by atoms with Crippen molar-refractivity contribution in [2.24, 2.45) is 0 Å². The van der Waals surface area contributed by atoms with Gasteiger partial charge in [-0.15, -0.1) is 10.2 Å². The van der Waals surface area contributed by atoms with Crippen molar-refractivity contribution in [3.8, 4) is 17.0 Å². The smallest absolute Gasteiger partial charge is 0.335 e. The van der Waals surface area contributed by atoms with Crippen molar-refractivity contribution in [3.05, 3.63) is 66.2 Å². The molecule has 1 heterocycles. The first kappa shape index (κ1) is 15.5. The highest BCUT2D eigenvalue weighted by Gasteiger charge is 2.05. The average molecular weight is 321 g/mol. The highest BCUT2D eigenvalue weighted by Crippen LogP contribution is 2.23. The van der Waals surface area contributed by atoms with E-state index in [1.54, 1.807) is 31.4 Å². The van der Waals surface area contributed by atoms with Crippen molar-refractivity contribution in [1.29, 1.82) is 0 Å². The fourth-order valence-electron chi connectivity index (χ4n) is 2.21. The number of anilines is 2. The molecular formula is C18H15N3O3. The molecule has 0 amide bonds. The molecule has 0 spiro atoms. The first-order valence-corrected chi connectivity index (χ1v) is 7.24. The van der Waals surface area contributed by atoms with Crippen LogP contribution in [0.5, 0.6) is 5.75 Å². The lowest BCUT2D eigenvalue weighted by Gasteiger charge is -2.07. The van der Waals surface area contributed by atoms with Crippen molar-refractivity contribution in [1.82, 2.24) is 10.2 Å². The standard InChI is InChI=1S/C18H15N3O3/c1-24-15-7-3-4-12(11-15)16-8-9-17(21-20-16)19-14-6-2-5-13(10-14)18(22)23/h2-11H,1H3,(H,19,21)(H,22,23). The normalized spacial score (nSPS) is 10.2. The molecule has 3 aromatic rings. The van der Waals surface area contributed by atoms with Gasteiger partial charge < -0.3 is 15.2 Å². The SMILES string of the molecule is COc1cccc(-c2ccc(Nc3cccc(C(=O)O)c3)nn2)c1. The van der Waals surface area contributed by atoms with E-state index in [1.807, 2.05) is 30.3 Å². The van der Waals surface area contributed by atoms with E-state index in [4.69, 9.17) is 9.84 Å². The summed E-state index contributed by atoms with van der Waals surface area (Å²) >= 11 is 0. The van der Waals surface area contributed by atoms with Crippen LogP contribution in [0, 0.1) is 0 Å². The maximum Gasteiger partial charge on any atom is 0.335 e. The topological polar surface area (TPSA) is 84.3 Å².